The summed E-state index contributed by atoms with van der Waals surface area (Å²) in [5.41, 5.74) is 6.64. The van der Waals surface area contributed by atoms with Gasteiger partial charge in [-0.15, -0.1) is 0 Å². The SMILES string of the molecule is Nc1cc(=O)n2ncsc2n1. The van der Waals surface area contributed by atoms with E-state index in [4.69, 9.17) is 5.73 Å². The summed E-state index contributed by atoms with van der Waals surface area (Å²) in [7, 11) is 0. The highest BCUT2D eigenvalue weighted by molar-refractivity contribution is 7.14. The average Bonchev–Trinajstić information content (AvgIpc) is 2.34. The smallest absolute Gasteiger partial charge is 0.277 e. The van der Waals surface area contributed by atoms with Crippen LogP contribution in [0.1, 0.15) is 0 Å². The minimum Gasteiger partial charge on any atom is -0.383 e. The van der Waals surface area contributed by atoms with Gasteiger partial charge in [-0.25, -0.2) is 4.98 Å². The van der Waals surface area contributed by atoms with E-state index in [2.05, 4.69) is 10.1 Å². The molecule has 0 spiro atoms. The molecule has 56 valence electrons. The number of nitrogen functional groups attached to an aromatic ring is 1. The molecular weight excluding hydrogens is 164 g/mol. The van der Waals surface area contributed by atoms with Crippen LogP contribution in [0.2, 0.25) is 0 Å². The number of aromatic nitrogens is 3. The lowest BCUT2D eigenvalue weighted by Crippen LogP contribution is -2.14. The second-order valence-corrected chi connectivity index (χ2v) is 2.76. The zero-order valence-electron chi connectivity index (χ0n) is 5.39. The first-order valence-corrected chi connectivity index (χ1v) is 3.74. The van der Waals surface area contributed by atoms with Gasteiger partial charge in [0.05, 0.1) is 0 Å². The van der Waals surface area contributed by atoms with Gasteiger partial charge in [-0.3, -0.25) is 4.79 Å². The summed E-state index contributed by atoms with van der Waals surface area (Å²) >= 11 is 1.28. The summed E-state index contributed by atoms with van der Waals surface area (Å²) in [5, 5.41) is 3.76. The van der Waals surface area contributed by atoms with Crippen molar-refractivity contribution in [2.45, 2.75) is 0 Å². The molecule has 2 N–H and O–H groups in total. The summed E-state index contributed by atoms with van der Waals surface area (Å²) in [6.45, 7) is 0. The number of fused-ring (bicyclic) bond motifs is 1. The summed E-state index contributed by atoms with van der Waals surface area (Å²) in [5.74, 6) is 0.235. The van der Waals surface area contributed by atoms with Crippen molar-refractivity contribution < 1.29 is 0 Å². The van der Waals surface area contributed by atoms with Gasteiger partial charge in [0.1, 0.15) is 11.3 Å². The molecule has 0 unspecified atom stereocenters. The number of nitrogens with zero attached hydrogens (tertiary/aromatic N) is 3. The number of anilines is 1. The fourth-order valence-corrected chi connectivity index (χ4v) is 1.40. The molecule has 0 aromatic carbocycles. The van der Waals surface area contributed by atoms with E-state index in [1.54, 1.807) is 5.51 Å². The van der Waals surface area contributed by atoms with E-state index in [9.17, 15) is 4.79 Å². The largest absolute Gasteiger partial charge is 0.383 e. The maximum atomic E-state index is 11.0. The third-order valence-electron chi connectivity index (χ3n) is 1.21. The third kappa shape index (κ3) is 0.874. The van der Waals surface area contributed by atoms with Crippen LogP contribution in [-0.2, 0) is 0 Å². The monoisotopic (exact) mass is 168 g/mol. The summed E-state index contributed by atoms with van der Waals surface area (Å²) in [6.07, 6.45) is 0. The van der Waals surface area contributed by atoms with Crippen LogP contribution in [-0.4, -0.2) is 14.6 Å². The van der Waals surface area contributed by atoms with E-state index in [1.165, 1.54) is 21.9 Å². The van der Waals surface area contributed by atoms with Crippen LogP contribution < -0.4 is 11.3 Å². The second-order valence-electron chi connectivity index (χ2n) is 1.95. The highest BCUT2D eigenvalue weighted by atomic mass is 32.1. The summed E-state index contributed by atoms with van der Waals surface area (Å²) in [4.78, 5) is 15.5. The Hall–Kier alpha value is -1.43. The lowest BCUT2D eigenvalue weighted by atomic mass is 10.6. The number of hydrogen-bond acceptors (Lipinski definition) is 5. The molecule has 0 aliphatic carbocycles. The van der Waals surface area contributed by atoms with Crippen molar-refractivity contribution in [3.05, 3.63) is 21.9 Å². The fraction of sp³-hybridized carbons (Fsp3) is 0. The standard InChI is InChI=1S/C5H4N4OS/c6-3-1-4(10)9-5(8-3)11-2-7-9/h1-2H,6H2. The predicted octanol–water partition coefficient (Wildman–Crippen LogP) is -0.267. The van der Waals surface area contributed by atoms with Crippen molar-refractivity contribution in [2.24, 2.45) is 0 Å². The van der Waals surface area contributed by atoms with Gasteiger partial charge >= 0.3 is 0 Å². The van der Waals surface area contributed by atoms with Crippen molar-refractivity contribution in [2.75, 3.05) is 5.73 Å². The Morgan fingerprint density at radius 2 is 2.45 bits per heavy atom. The van der Waals surface area contributed by atoms with Crippen molar-refractivity contribution in [3.63, 3.8) is 0 Å². The summed E-state index contributed by atoms with van der Waals surface area (Å²) < 4.78 is 1.21. The van der Waals surface area contributed by atoms with Gasteiger partial charge in [0.2, 0.25) is 4.96 Å². The number of rotatable bonds is 0. The lowest BCUT2D eigenvalue weighted by molar-refractivity contribution is 0.902. The van der Waals surface area contributed by atoms with E-state index >= 15 is 0 Å². The van der Waals surface area contributed by atoms with Crippen molar-refractivity contribution in [1.82, 2.24) is 14.6 Å². The molecule has 2 aromatic heterocycles. The normalized spacial score (nSPS) is 10.5. The topological polar surface area (TPSA) is 73.3 Å². The molecule has 2 aromatic rings. The molecule has 0 radical (unpaired) electrons. The first kappa shape index (κ1) is 6.29. The maximum Gasteiger partial charge on any atom is 0.277 e. The third-order valence-corrected chi connectivity index (χ3v) is 1.88. The van der Waals surface area contributed by atoms with E-state index in [0.717, 1.165) is 0 Å². The lowest BCUT2D eigenvalue weighted by Gasteiger charge is -1.89. The molecular formula is C5H4N4OS. The molecule has 0 fully saturated rings. The number of nitrogens with two attached hydrogens (primary N) is 1. The minimum absolute atomic E-state index is 0.235. The molecule has 0 saturated carbocycles. The van der Waals surface area contributed by atoms with Gasteiger partial charge in [0, 0.05) is 6.07 Å². The molecule has 0 atom stereocenters. The second kappa shape index (κ2) is 2.03. The molecule has 0 amide bonds. The highest BCUT2D eigenvalue weighted by Crippen LogP contribution is 2.03. The van der Waals surface area contributed by atoms with Crippen LogP contribution in [0.3, 0.4) is 0 Å². The minimum atomic E-state index is -0.242. The van der Waals surface area contributed by atoms with Crippen molar-refractivity contribution in [1.29, 1.82) is 0 Å². The molecule has 0 saturated heterocycles. The quantitative estimate of drug-likeness (QED) is 0.587. The van der Waals surface area contributed by atoms with Crippen molar-refractivity contribution in [3.8, 4) is 0 Å². The summed E-state index contributed by atoms with van der Waals surface area (Å²) in [6, 6.07) is 1.24. The Bertz CT molecular complexity index is 445. The van der Waals surface area contributed by atoms with Gasteiger partial charge in [0.15, 0.2) is 0 Å². The molecule has 2 heterocycles. The zero-order valence-corrected chi connectivity index (χ0v) is 6.21. The Morgan fingerprint density at radius 1 is 1.64 bits per heavy atom. The van der Waals surface area contributed by atoms with Crippen molar-refractivity contribution >= 4 is 22.1 Å². The Balaban J connectivity index is 3.02. The van der Waals surface area contributed by atoms with Gasteiger partial charge in [-0.2, -0.15) is 9.61 Å². The Morgan fingerprint density at radius 3 is 3.27 bits per heavy atom. The Kier molecular flexibility index (Phi) is 1.16. The molecule has 5 nitrogen and oxygen atoms in total. The van der Waals surface area contributed by atoms with Crippen LogP contribution in [0.25, 0.3) is 4.96 Å². The highest BCUT2D eigenvalue weighted by Gasteiger charge is 1.99. The maximum absolute atomic E-state index is 11.0. The van der Waals surface area contributed by atoms with E-state index in [-0.39, 0.29) is 11.4 Å². The van der Waals surface area contributed by atoms with E-state index in [0.29, 0.717) is 4.96 Å². The van der Waals surface area contributed by atoms with Gasteiger partial charge in [0.25, 0.3) is 5.56 Å². The predicted molar refractivity (Wildman–Crippen MR) is 41.5 cm³/mol. The van der Waals surface area contributed by atoms with E-state index < -0.39 is 0 Å². The molecule has 0 aliphatic rings. The van der Waals surface area contributed by atoms with Crippen LogP contribution in [0, 0.1) is 0 Å². The first-order chi connectivity index (χ1) is 5.27. The number of hydrogen-bond donors (Lipinski definition) is 1. The first-order valence-electron chi connectivity index (χ1n) is 2.86. The van der Waals surface area contributed by atoms with E-state index in [1.807, 2.05) is 0 Å². The molecule has 2 rings (SSSR count). The Labute approximate surface area is 65.1 Å². The van der Waals surface area contributed by atoms with Crippen LogP contribution in [0.4, 0.5) is 5.82 Å². The van der Waals surface area contributed by atoms with Crippen LogP contribution >= 0.6 is 11.3 Å². The van der Waals surface area contributed by atoms with Crippen LogP contribution in [0.15, 0.2) is 16.4 Å². The van der Waals surface area contributed by atoms with Gasteiger partial charge in [-0.1, -0.05) is 11.3 Å². The molecule has 0 bridgehead atoms. The van der Waals surface area contributed by atoms with Gasteiger partial charge in [-0.05, 0) is 0 Å². The van der Waals surface area contributed by atoms with Gasteiger partial charge < -0.3 is 5.73 Å². The molecule has 11 heavy (non-hydrogen) atoms. The molecule has 6 heteroatoms. The fourth-order valence-electron chi connectivity index (χ4n) is 0.772. The average molecular weight is 168 g/mol. The van der Waals surface area contributed by atoms with Crippen LogP contribution in [0.5, 0.6) is 0 Å². The molecule has 0 aliphatic heterocycles. The zero-order chi connectivity index (χ0) is 7.84.